The molecular weight excluding hydrogens is 1290 g/mol. The van der Waals surface area contributed by atoms with Gasteiger partial charge in [-0.15, -0.1) is 0 Å². The Hall–Kier alpha value is -9.88. The summed E-state index contributed by atoms with van der Waals surface area (Å²) >= 11 is 0. The normalized spacial score (nSPS) is 13.2. The number of aryl methyl sites for hydroxylation is 4. The number of fused-ring (bicyclic) bond motifs is 6. The van der Waals surface area contributed by atoms with Gasteiger partial charge < -0.3 is 9.13 Å². The highest BCUT2D eigenvalue weighted by atomic mass is 19.4. The van der Waals surface area contributed by atoms with Gasteiger partial charge in [-0.3, -0.25) is 0 Å². The van der Waals surface area contributed by atoms with Crippen LogP contribution >= 0.6 is 0 Å². The summed E-state index contributed by atoms with van der Waals surface area (Å²) < 4.78 is 319. The van der Waals surface area contributed by atoms with Crippen LogP contribution in [0.25, 0.3) is 111 Å². The molecule has 5 nitrogen and oxygen atoms in total. The lowest BCUT2D eigenvalue weighted by Crippen LogP contribution is -2.16. The Labute approximate surface area is 516 Å². The zero-order chi connectivity index (χ0) is 68.1. The molecule has 482 valence electrons. The molecule has 12 aromatic rings. The van der Waals surface area contributed by atoms with Crippen LogP contribution in [-0.4, -0.2) is 24.1 Å². The van der Waals surface area contributed by atoms with Gasteiger partial charge in [0.25, 0.3) is 0 Å². The lowest BCUT2D eigenvalue weighted by atomic mass is 9.95. The Bertz CT molecular complexity index is 4790. The summed E-state index contributed by atoms with van der Waals surface area (Å²) in [6.45, 7) is 5.44. The molecule has 9 aromatic carbocycles. The molecule has 94 heavy (non-hydrogen) atoms. The molecule has 0 radical (unpaired) electrons. The van der Waals surface area contributed by atoms with E-state index < -0.39 is 160 Å². The average Bonchev–Trinajstić information content (AvgIpc) is 1.53. The lowest BCUT2D eigenvalue weighted by Gasteiger charge is -2.23. The number of benzene rings is 9. The van der Waals surface area contributed by atoms with Crippen LogP contribution < -0.4 is 0 Å². The summed E-state index contributed by atoms with van der Waals surface area (Å²) in [4.78, 5) is 12.9. The van der Waals surface area contributed by atoms with Gasteiger partial charge in [-0.05, 0) is 145 Å². The molecule has 0 bridgehead atoms. The predicted octanol–water partition coefficient (Wildman–Crippen LogP) is 22.8. The molecule has 0 aliphatic rings. The van der Waals surface area contributed by atoms with E-state index in [1.807, 2.05) is 0 Å². The third-order valence-electron chi connectivity index (χ3n) is 16.0. The number of rotatable bonds is 7. The minimum Gasteiger partial charge on any atom is -0.308 e. The fourth-order valence-electron chi connectivity index (χ4n) is 12.1. The zero-order valence-corrected chi connectivity index (χ0v) is 48.2. The van der Waals surface area contributed by atoms with E-state index in [0.717, 1.165) is 94.1 Å². The Morgan fingerprint density at radius 1 is 0.266 bits per heavy atom. The number of nitrogens with zero attached hydrogens (tertiary/aromatic N) is 5. The van der Waals surface area contributed by atoms with E-state index in [4.69, 9.17) is 0 Å². The molecule has 0 saturated carbocycles. The van der Waals surface area contributed by atoms with Gasteiger partial charge in [0.1, 0.15) is 17.2 Å². The molecule has 0 aliphatic heterocycles. The van der Waals surface area contributed by atoms with Crippen molar-refractivity contribution in [2.75, 3.05) is 0 Å². The van der Waals surface area contributed by atoms with E-state index in [0.29, 0.717) is 24.3 Å². The highest BCUT2D eigenvalue weighted by Gasteiger charge is 2.44. The molecule has 0 spiro atoms. The predicted molar refractivity (Wildman–Crippen MR) is 310 cm³/mol. The van der Waals surface area contributed by atoms with E-state index in [2.05, 4.69) is 15.0 Å². The Morgan fingerprint density at radius 2 is 0.553 bits per heavy atom. The van der Waals surface area contributed by atoms with Crippen molar-refractivity contribution in [2.45, 2.75) is 70.9 Å². The molecule has 0 N–H and O–H groups in total. The van der Waals surface area contributed by atoms with Crippen molar-refractivity contribution >= 4 is 43.6 Å². The van der Waals surface area contributed by atoms with Gasteiger partial charge in [0.05, 0.1) is 66.8 Å². The van der Waals surface area contributed by atoms with E-state index in [1.165, 1.54) is 64.1 Å². The van der Waals surface area contributed by atoms with Gasteiger partial charge in [0.15, 0.2) is 5.82 Å². The van der Waals surface area contributed by atoms with Gasteiger partial charge in [-0.25, -0.2) is 15.0 Å². The maximum absolute atomic E-state index is 17.5. The van der Waals surface area contributed by atoms with Crippen molar-refractivity contribution in [3.05, 3.63) is 219 Å². The first kappa shape index (κ1) is 64.2. The summed E-state index contributed by atoms with van der Waals surface area (Å²) in [6, 6.07) is 22.4. The van der Waals surface area contributed by atoms with Crippen LogP contribution in [0, 0.1) is 27.7 Å². The Kier molecular flexibility index (Phi) is 14.9. The Morgan fingerprint density at radius 3 is 0.830 bits per heavy atom. The third-order valence-corrected chi connectivity index (χ3v) is 16.0. The van der Waals surface area contributed by atoms with E-state index in [-0.39, 0.29) is 67.6 Å². The first-order chi connectivity index (χ1) is 43.6. The summed E-state index contributed by atoms with van der Waals surface area (Å²) in [7, 11) is 0. The smallest absolute Gasteiger partial charge is 0.308 e. The number of alkyl halides is 21. The van der Waals surface area contributed by atoms with Crippen LogP contribution in [0.1, 0.15) is 61.7 Å². The summed E-state index contributed by atoms with van der Waals surface area (Å²) in [5.41, 5.74) is -19.9. The van der Waals surface area contributed by atoms with Crippen molar-refractivity contribution in [1.29, 1.82) is 0 Å². The summed E-state index contributed by atoms with van der Waals surface area (Å²) in [6.07, 6.45) is -37.6. The zero-order valence-electron chi connectivity index (χ0n) is 48.2. The van der Waals surface area contributed by atoms with Gasteiger partial charge in [-0.1, -0.05) is 96.1 Å². The van der Waals surface area contributed by atoms with Crippen molar-refractivity contribution in [3.8, 4) is 67.3 Å². The Balaban J connectivity index is 1.29. The fraction of sp³-hybridized carbons (Fsp3) is 0.162. The topological polar surface area (TPSA) is 48.5 Å². The summed E-state index contributed by atoms with van der Waals surface area (Å²) in [5, 5.41) is -0.384. The van der Waals surface area contributed by atoms with E-state index >= 15 is 65.9 Å². The molecule has 0 fully saturated rings. The maximum atomic E-state index is 17.5. The van der Waals surface area contributed by atoms with Crippen LogP contribution in [0.4, 0.5) is 92.2 Å². The summed E-state index contributed by atoms with van der Waals surface area (Å²) in [5.74, 6) is -0.503. The average molecular weight is 1320 g/mol. The van der Waals surface area contributed by atoms with E-state index in [1.54, 1.807) is 0 Å². The SMILES string of the molecule is Cc1ccc(-c2ccc3c4ccc(-c5ccc(C(F)(F)F)cc5C(F)(F)F)cc4n(-c4cc(-c5nc(C)nc(C)n5)cc(-n5c6cc(-c7ccc(C)cc7C(F)(F)F)ccc6c6ccc(-c7ccc(C(F)(F)F)cc7C(F)(F)F)cc65)c4C(F)(F)F)c3c2)c(C(F)(F)F)c1. The molecule has 0 amide bonds. The van der Waals surface area contributed by atoms with Crippen molar-refractivity contribution < 1.29 is 92.2 Å². The quantitative estimate of drug-likeness (QED) is 0.149. The molecule has 3 aromatic heterocycles. The largest absolute Gasteiger partial charge is 0.420 e. The minimum atomic E-state index is -5.76. The van der Waals surface area contributed by atoms with Crippen molar-refractivity contribution in [2.24, 2.45) is 0 Å². The lowest BCUT2D eigenvalue weighted by molar-refractivity contribution is -0.144. The van der Waals surface area contributed by atoms with Crippen LogP contribution in [0.3, 0.4) is 0 Å². The number of aromatic nitrogens is 5. The minimum absolute atomic E-state index is 0.0473. The molecular formula is C68H38F21N5. The molecule has 0 unspecified atom stereocenters. The monoisotopic (exact) mass is 1320 g/mol. The van der Waals surface area contributed by atoms with Crippen molar-refractivity contribution in [3.63, 3.8) is 0 Å². The number of hydrogen-bond donors (Lipinski definition) is 0. The number of hydrogen-bond acceptors (Lipinski definition) is 3. The van der Waals surface area contributed by atoms with Gasteiger partial charge in [-0.2, -0.15) is 92.2 Å². The molecule has 26 heteroatoms. The van der Waals surface area contributed by atoms with E-state index in [9.17, 15) is 26.3 Å². The van der Waals surface area contributed by atoms with Crippen LogP contribution in [0.2, 0.25) is 0 Å². The second-order valence-corrected chi connectivity index (χ2v) is 22.3. The van der Waals surface area contributed by atoms with Gasteiger partial charge in [0, 0.05) is 27.1 Å². The first-order valence-electron chi connectivity index (χ1n) is 27.7. The molecule has 3 heterocycles. The van der Waals surface area contributed by atoms with Gasteiger partial charge in [0.2, 0.25) is 0 Å². The second kappa shape index (κ2) is 21.9. The van der Waals surface area contributed by atoms with Crippen LogP contribution in [-0.2, 0) is 43.2 Å². The maximum Gasteiger partial charge on any atom is 0.420 e. The fourth-order valence-corrected chi connectivity index (χ4v) is 12.1. The molecule has 0 atom stereocenters. The second-order valence-electron chi connectivity index (χ2n) is 22.3. The first-order valence-corrected chi connectivity index (χ1v) is 27.7. The highest BCUT2D eigenvalue weighted by molar-refractivity contribution is 6.13. The van der Waals surface area contributed by atoms with Gasteiger partial charge >= 0.3 is 43.2 Å². The molecule has 0 saturated heterocycles. The van der Waals surface area contributed by atoms with Crippen molar-refractivity contribution in [1.82, 2.24) is 24.1 Å². The molecule has 12 rings (SSSR count). The molecule has 0 aliphatic carbocycles. The standard InChI is InChI=1S/C68H38F21N5/c1-31-5-13-42(50(21-31)64(75,76)77)35-7-15-46-48-17-9-37(44-19-11-40(62(69,70)71)29-52(44)66(81,82)83)25-56(48)93(54(46)23-35)58-27-39(61-91-33(3)90-34(4)92-61)28-59(60(58)68(87,88)89)94-55-24-36(43-14-6-32(2)22-51(43)65(78,79)80)8-16-47(55)49-18-10-38(26-57(49)94)45-20-12-41(63(72,73)74)30-53(45)67(84,85)86/h5-30H,1-4H3. The third kappa shape index (κ3) is 11.6. The number of halogens is 21. The highest BCUT2D eigenvalue weighted by Crippen LogP contribution is 2.51. The van der Waals surface area contributed by atoms with Crippen LogP contribution in [0.5, 0.6) is 0 Å². The van der Waals surface area contributed by atoms with Crippen LogP contribution in [0.15, 0.2) is 158 Å².